The number of carbonyl (C=O) groups excluding carboxylic acids is 1. The van der Waals surface area contributed by atoms with Crippen LogP contribution in [-0.4, -0.2) is 46.2 Å². The lowest BCUT2D eigenvalue weighted by molar-refractivity contribution is -0.140. The van der Waals surface area contributed by atoms with Gasteiger partial charge < -0.3 is 15.1 Å². The molecule has 0 aromatic rings. The first kappa shape index (κ1) is 13.0. The van der Waals surface area contributed by atoms with Crippen molar-refractivity contribution < 1.29 is 19.8 Å². The van der Waals surface area contributed by atoms with Gasteiger partial charge in [-0.05, 0) is 11.8 Å². The minimum absolute atomic E-state index is 0.0187. The summed E-state index contributed by atoms with van der Waals surface area (Å²) < 4.78 is 0. The molecule has 1 amide bonds. The topological polar surface area (TPSA) is 77.8 Å². The fourth-order valence-electron chi connectivity index (χ4n) is 1.96. The van der Waals surface area contributed by atoms with Crippen LogP contribution in [0.5, 0.6) is 0 Å². The first-order valence-electron chi connectivity index (χ1n) is 5.48. The van der Waals surface area contributed by atoms with E-state index in [4.69, 9.17) is 5.11 Å². The van der Waals surface area contributed by atoms with E-state index in [1.165, 1.54) is 0 Å². The Balaban J connectivity index is 2.47. The van der Waals surface area contributed by atoms with Crippen molar-refractivity contribution in [3.8, 4) is 0 Å². The van der Waals surface area contributed by atoms with Gasteiger partial charge in [0, 0.05) is 19.5 Å². The molecule has 1 aliphatic heterocycles. The van der Waals surface area contributed by atoms with Gasteiger partial charge in [-0.3, -0.25) is 9.59 Å². The molecule has 0 radical (unpaired) electrons. The molecule has 16 heavy (non-hydrogen) atoms. The molecule has 0 spiro atoms. The highest BCUT2D eigenvalue weighted by molar-refractivity contribution is 5.78. The van der Waals surface area contributed by atoms with Gasteiger partial charge in [0.1, 0.15) is 0 Å². The summed E-state index contributed by atoms with van der Waals surface area (Å²) in [6.07, 6.45) is 0.387. The number of aliphatic hydroxyl groups is 1. The van der Waals surface area contributed by atoms with Crippen LogP contribution < -0.4 is 0 Å². The molecule has 1 saturated heterocycles. The third-order valence-electron chi connectivity index (χ3n) is 2.78. The molecule has 1 atom stereocenters. The number of rotatable bonds is 4. The zero-order valence-corrected chi connectivity index (χ0v) is 9.77. The van der Waals surface area contributed by atoms with E-state index in [1.54, 1.807) is 18.7 Å². The molecular formula is C11H19NO4. The standard InChI is InChI=1S/C11H19NO4/c1-11(2,6-10(15)16)5-9(14)12-4-3-8(13)7-12/h8,13H,3-7H2,1-2H3,(H,15,16)/t8-/m0/s1. The highest BCUT2D eigenvalue weighted by Gasteiger charge is 2.30. The van der Waals surface area contributed by atoms with Crippen molar-refractivity contribution in [2.45, 2.75) is 39.2 Å². The molecule has 0 aromatic carbocycles. The fraction of sp³-hybridized carbons (Fsp3) is 0.818. The minimum atomic E-state index is -0.890. The van der Waals surface area contributed by atoms with Gasteiger partial charge in [-0.2, -0.15) is 0 Å². The van der Waals surface area contributed by atoms with Crippen LogP contribution in [0.15, 0.2) is 0 Å². The van der Waals surface area contributed by atoms with Crippen LogP contribution in [0.4, 0.5) is 0 Å². The number of carboxylic acids is 1. The van der Waals surface area contributed by atoms with Crippen LogP contribution in [0.2, 0.25) is 0 Å². The summed E-state index contributed by atoms with van der Waals surface area (Å²) in [6.45, 7) is 4.49. The van der Waals surface area contributed by atoms with Gasteiger partial charge in [0.05, 0.1) is 12.5 Å². The Morgan fingerprint density at radius 3 is 2.44 bits per heavy atom. The van der Waals surface area contributed by atoms with Gasteiger partial charge >= 0.3 is 5.97 Å². The van der Waals surface area contributed by atoms with Crippen molar-refractivity contribution in [1.29, 1.82) is 0 Å². The third-order valence-corrected chi connectivity index (χ3v) is 2.78. The molecule has 1 rings (SSSR count). The number of hydrogen-bond acceptors (Lipinski definition) is 3. The van der Waals surface area contributed by atoms with E-state index in [0.29, 0.717) is 19.5 Å². The largest absolute Gasteiger partial charge is 0.481 e. The molecule has 5 nitrogen and oxygen atoms in total. The second-order valence-corrected chi connectivity index (χ2v) is 5.19. The van der Waals surface area contributed by atoms with Crippen molar-refractivity contribution in [2.75, 3.05) is 13.1 Å². The first-order valence-corrected chi connectivity index (χ1v) is 5.48. The summed E-state index contributed by atoms with van der Waals surface area (Å²) in [6, 6.07) is 0. The van der Waals surface area contributed by atoms with E-state index in [9.17, 15) is 14.7 Å². The van der Waals surface area contributed by atoms with Crippen molar-refractivity contribution in [3.05, 3.63) is 0 Å². The molecule has 0 bridgehead atoms. The highest BCUT2D eigenvalue weighted by atomic mass is 16.4. The van der Waals surface area contributed by atoms with Gasteiger partial charge in [0.15, 0.2) is 0 Å². The van der Waals surface area contributed by atoms with E-state index in [-0.39, 0.29) is 18.7 Å². The molecule has 1 fully saturated rings. The Morgan fingerprint density at radius 2 is 2.00 bits per heavy atom. The summed E-state index contributed by atoms with van der Waals surface area (Å²) >= 11 is 0. The highest BCUT2D eigenvalue weighted by Crippen LogP contribution is 2.26. The number of aliphatic carboxylic acids is 1. The normalized spacial score (nSPS) is 21.2. The summed E-state index contributed by atoms with van der Waals surface area (Å²) in [4.78, 5) is 24.0. The van der Waals surface area contributed by atoms with Crippen LogP contribution in [0.3, 0.4) is 0 Å². The molecular weight excluding hydrogens is 210 g/mol. The second-order valence-electron chi connectivity index (χ2n) is 5.19. The lowest BCUT2D eigenvalue weighted by atomic mass is 9.85. The summed E-state index contributed by atoms with van der Waals surface area (Å²) in [7, 11) is 0. The van der Waals surface area contributed by atoms with Crippen LogP contribution in [0.25, 0.3) is 0 Å². The Kier molecular flexibility index (Phi) is 3.91. The minimum Gasteiger partial charge on any atom is -0.481 e. The number of nitrogens with zero attached hydrogens (tertiary/aromatic N) is 1. The summed E-state index contributed by atoms with van der Waals surface area (Å²) in [5, 5.41) is 18.0. The van der Waals surface area contributed by atoms with Crippen molar-refractivity contribution in [1.82, 2.24) is 4.90 Å². The molecule has 0 saturated carbocycles. The molecule has 5 heteroatoms. The number of β-amino-alcohol motifs (C(OH)–C–C–N with tert-alkyl or cyclic N) is 1. The maximum Gasteiger partial charge on any atom is 0.303 e. The van der Waals surface area contributed by atoms with E-state index in [1.807, 2.05) is 0 Å². The number of carboxylic acid groups (broad SMARTS) is 1. The zero-order chi connectivity index (χ0) is 12.3. The monoisotopic (exact) mass is 229 g/mol. The van der Waals surface area contributed by atoms with Crippen LogP contribution in [0.1, 0.15) is 33.1 Å². The first-order chi connectivity index (χ1) is 7.30. The SMILES string of the molecule is CC(C)(CC(=O)O)CC(=O)N1CC[C@H](O)C1. The Bertz CT molecular complexity index is 288. The van der Waals surface area contributed by atoms with Crippen LogP contribution in [0, 0.1) is 5.41 Å². The number of amides is 1. The smallest absolute Gasteiger partial charge is 0.303 e. The molecule has 0 unspecified atom stereocenters. The molecule has 92 valence electrons. The Labute approximate surface area is 95.1 Å². The summed E-state index contributed by atoms with van der Waals surface area (Å²) in [5.41, 5.74) is -0.531. The maximum absolute atomic E-state index is 11.8. The lowest BCUT2D eigenvalue weighted by Crippen LogP contribution is -2.33. The number of aliphatic hydroxyl groups excluding tert-OH is 1. The second kappa shape index (κ2) is 4.82. The van der Waals surface area contributed by atoms with Gasteiger partial charge in [-0.1, -0.05) is 13.8 Å². The summed E-state index contributed by atoms with van der Waals surface area (Å²) in [5.74, 6) is -0.956. The maximum atomic E-state index is 11.8. The van der Waals surface area contributed by atoms with Gasteiger partial charge in [-0.15, -0.1) is 0 Å². The van der Waals surface area contributed by atoms with Gasteiger partial charge in [0.25, 0.3) is 0 Å². The van der Waals surface area contributed by atoms with E-state index in [0.717, 1.165) is 0 Å². The van der Waals surface area contributed by atoms with Crippen molar-refractivity contribution in [2.24, 2.45) is 5.41 Å². The van der Waals surface area contributed by atoms with Crippen LogP contribution in [-0.2, 0) is 9.59 Å². The Hall–Kier alpha value is -1.10. The number of carbonyl (C=O) groups is 2. The molecule has 2 N–H and O–H groups in total. The average Bonchev–Trinajstić information content (AvgIpc) is 2.47. The van der Waals surface area contributed by atoms with E-state index < -0.39 is 17.5 Å². The van der Waals surface area contributed by atoms with Crippen molar-refractivity contribution >= 4 is 11.9 Å². The molecule has 1 heterocycles. The average molecular weight is 229 g/mol. The predicted octanol–water partition coefficient (Wildman–Crippen LogP) is 0.471. The molecule has 0 aromatic heterocycles. The Morgan fingerprint density at radius 1 is 1.38 bits per heavy atom. The van der Waals surface area contributed by atoms with E-state index >= 15 is 0 Å². The molecule has 1 aliphatic rings. The van der Waals surface area contributed by atoms with Gasteiger partial charge in [-0.25, -0.2) is 0 Å². The van der Waals surface area contributed by atoms with Gasteiger partial charge in [0.2, 0.25) is 5.91 Å². The molecule has 0 aliphatic carbocycles. The third kappa shape index (κ3) is 3.81. The van der Waals surface area contributed by atoms with Crippen molar-refractivity contribution in [3.63, 3.8) is 0 Å². The number of hydrogen-bond donors (Lipinski definition) is 2. The zero-order valence-electron chi connectivity index (χ0n) is 9.77. The predicted molar refractivity (Wildman–Crippen MR) is 57.9 cm³/mol. The quantitative estimate of drug-likeness (QED) is 0.734. The number of likely N-dealkylation sites (tertiary alicyclic amines) is 1. The van der Waals surface area contributed by atoms with E-state index in [2.05, 4.69) is 0 Å². The fourth-order valence-corrected chi connectivity index (χ4v) is 1.96. The van der Waals surface area contributed by atoms with Crippen LogP contribution >= 0.6 is 0 Å². The lowest BCUT2D eigenvalue weighted by Gasteiger charge is -2.25.